The summed E-state index contributed by atoms with van der Waals surface area (Å²) in [5.74, 6) is 0.184. The number of rotatable bonds is 5. The van der Waals surface area contributed by atoms with Crippen LogP contribution in [0.1, 0.15) is 38.4 Å². The molecule has 1 aliphatic carbocycles. The highest BCUT2D eigenvalue weighted by Crippen LogP contribution is 2.26. The Balaban J connectivity index is 1.86. The summed E-state index contributed by atoms with van der Waals surface area (Å²) in [5.41, 5.74) is 1.82. The molecule has 0 saturated heterocycles. The summed E-state index contributed by atoms with van der Waals surface area (Å²) in [6, 6.07) is 7.21. The van der Waals surface area contributed by atoms with Crippen molar-refractivity contribution >= 4 is 28.8 Å². The molecule has 1 aromatic heterocycles. The lowest BCUT2D eigenvalue weighted by Crippen LogP contribution is -2.27. The minimum Gasteiger partial charge on any atom is -0.497 e. The first-order valence-electron chi connectivity index (χ1n) is 7.43. The predicted octanol–water partition coefficient (Wildman–Crippen LogP) is 3.21. The number of amides is 2. The van der Waals surface area contributed by atoms with Gasteiger partial charge in [-0.05, 0) is 55.0 Å². The van der Waals surface area contributed by atoms with Crippen molar-refractivity contribution in [3.8, 4) is 5.75 Å². The molecule has 0 aliphatic heterocycles. The summed E-state index contributed by atoms with van der Waals surface area (Å²) in [6.45, 7) is 1.89. The summed E-state index contributed by atoms with van der Waals surface area (Å²) in [5, 5.41) is 7.65. The first kappa shape index (κ1) is 15.6. The van der Waals surface area contributed by atoms with E-state index in [2.05, 4.69) is 10.6 Å². The second-order valence-corrected chi connectivity index (χ2v) is 6.46. The molecule has 0 spiro atoms. The molecule has 6 heteroatoms. The molecular weight excluding hydrogens is 312 g/mol. The molecule has 0 bridgehead atoms. The Hall–Kier alpha value is -2.34. The number of carbonyl (C=O) groups excluding carboxylic acids is 2. The molecular formula is C17H18N2O3S. The normalized spacial score (nSPS) is 13.5. The molecule has 1 aliphatic rings. The van der Waals surface area contributed by atoms with Crippen LogP contribution < -0.4 is 15.4 Å². The third kappa shape index (κ3) is 3.53. The molecule has 23 heavy (non-hydrogen) atoms. The standard InChI is InChI=1S/C17H18N2O3S/c1-10-7-8-23-15(10)17(21)19-14-6-5-12(22-2)9-13(14)16(20)18-11-3-4-11/h5-9,11H,3-4H2,1-2H3,(H,18,20)(H,19,21). The monoisotopic (exact) mass is 330 g/mol. The van der Waals surface area contributed by atoms with Gasteiger partial charge in [-0.15, -0.1) is 11.3 Å². The molecule has 1 heterocycles. The lowest BCUT2D eigenvalue weighted by molar-refractivity contribution is 0.0951. The van der Waals surface area contributed by atoms with Gasteiger partial charge in [0, 0.05) is 6.04 Å². The van der Waals surface area contributed by atoms with Crippen LogP contribution in [0, 0.1) is 6.92 Å². The van der Waals surface area contributed by atoms with Crippen molar-refractivity contribution < 1.29 is 14.3 Å². The Labute approximate surface area is 138 Å². The van der Waals surface area contributed by atoms with Crippen LogP contribution in [0.4, 0.5) is 5.69 Å². The number of ether oxygens (including phenoxy) is 1. The minimum absolute atomic E-state index is 0.190. The number of nitrogens with one attached hydrogen (secondary N) is 2. The fourth-order valence-corrected chi connectivity index (χ4v) is 3.04. The Morgan fingerprint density at radius 3 is 2.61 bits per heavy atom. The number of hydrogen-bond donors (Lipinski definition) is 2. The summed E-state index contributed by atoms with van der Waals surface area (Å²) < 4.78 is 5.19. The molecule has 5 nitrogen and oxygen atoms in total. The highest BCUT2D eigenvalue weighted by atomic mass is 32.1. The summed E-state index contributed by atoms with van der Waals surface area (Å²) in [7, 11) is 1.55. The van der Waals surface area contributed by atoms with Crippen LogP contribution in [0.25, 0.3) is 0 Å². The van der Waals surface area contributed by atoms with Gasteiger partial charge in [0.1, 0.15) is 5.75 Å². The van der Waals surface area contributed by atoms with Crippen molar-refractivity contribution in [1.29, 1.82) is 0 Å². The first-order valence-corrected chi connectivity index (χ1v) is 8.31. The van der Waals surface area contributed by atoms with Gasteiger partial charge in [-0.25, -0.2) is 0 Å². The van der Waals surface area contributed by atoms with Crippen LogP contribution in [-0.2, 0) is 0 Å². The topological polar surface area (TPSA) is 67.4 Å². The van der Waals surface area contributed by atoms with Gasteiger partial charge < -0.3 is 15.4 Å². The van der Waals surface area contributed by atoms with E-state index in [-0.39, 0.29) is 17.9 Å². The maximum atomic E-state index is 12.4. The van der Waals surface area contributed by atoms with E-state index in [9.17, 15) is 9.59 Å². The average molecular weight is 330 g/mol. The van der Waals surface area contributed by atoms with E-state index in [1.165, 1.54) is 11.3 Å². The van der Waals surface area contributed by atoms with Crippen LogP contribution in [0.15, 0.2) is 29.6 Å². The van der Waals surface area contributed by atoms with E-state index >= 15 is 0 Å². The van der Waals surface area contributed by atoms with E-state index in [0.717, 1.165) is 18.4 Å². The zero-order valence-corrected chi connectivity index (χ0v) is 13.8. The van der Waals surface area contributed by atoms with Crippen LogP contribution in [-0.4, -0.2) is 25.0 Å². The van der Waals surface area contributed by atoms with E-state index < -0.39 is 0 Å². The van der Waals surface area contributed by atoms with Crippen LogP contribution in [0.3, 0.4) is 0 Å². The smallest absolute Gasteiger partial charge is 0.266 e. The Morgan fingerprint density at radius 1 is 1.22 bits per heavy atom. The largest absolute Gasteiger partial charge is 0.497 e. The van der Waals surface area contributed by atoms with Crippen LogP contribution in [0.5, 0.6) is 5.75 Å². The number of aryl methyl sites for hydroxylation is 1. The third-order valence-electron chi connectivity index (χ3n) is 3.70. The number of anilines is 1. The quantitative estimate of drug-likeness (QED) is 0.884. The molecule has 1 saturated carbocycles. The summed E-state index contributed by atoms with van der Waals surface area (Å²) in [6.07, 6.45) is 2.01. The molecule has 1 aromatic carbocycles. The molecule has 0 unspecified atom stereocenters. The summed E-state index contributed by atoms with van der Waals surface area (Å²) in [4.78, 5) is 25.4. The number of hydrogen-bond acceptors (Lipinski definition) is 4. The lowest BCUT2D eigenvalue weighted by atomic mass is 10.1. The number of carbonyl (C=O) groups is 2. The van der Waals surface area contributed by atoms with Crippen molar-refractivity contribution in [3.63, 3.8) is 0 Å². The lowest BCUT2D eigenvalue weighted by Gasteiger charge is -2.12. The summed E-state index contributed by atoms with van der Waals surface area (Å²) >= 11 is 1.38. The van der Waals surface area contributed by atoms with Gasteiger partial charge in [0.25, 0.3) is 11.8 Å². The predicted molar refractivity (Wildman–Crippen MR) is 90.5 cm³/mol. The van der Waals surface area contributed by atoms with Gasteiger partial charge in [-0.3, -0.25) is 9.59 Å². The second-order valence-electron chi connectivity index (χ2n) is 5.55. The van der Waals surface area contributed by atoms with Gasteiger partial charge in [0.05, 0.1) is 23.2 Å². The minimum atomic E-state index is -0.205. The molecule has 1 fully saturated rings. The van der Waals surface area contributed by atoms with Crippen molar-refractivity contribution in [1.82, 2.24) is 5.32 Å². The number of thiophene rings is 1. The van der Waals surface area contributed by atoms with Gasteiger partial charge in [-0.2, -0.15) is 0 Å². The van der Waals surface area contributed by atoms with Crippen LogP contribution >= 0.6 is 11.3 Å². The SMILES string of the molecule is COc1ccc(NC(=O)c2sccc2C)c(C(=O)NC2CC2)c1. The Morgan fingerprint density at radius 2 is 2.00 bits per heavy atom. The zero-order valence-electron chi connectivity index (χ0n) is 13.0. The molecule has 0 atom stereocenters. The highest BCUT2D eigenvalue weighted by Gasteiger charge is 2.25. The van der Waals surface area contributed by atoms with E-state index in [1.54, 1.807) is 25.3 Å². The molecule has 120 valence electrons. The van der Waals surface area contributed by atoms with E-state index in [1.807, 2.05) is 18.4 Å². The van der Waals surface area contributed by atoms with Crippen molar-refractivity contribution in [3.05, 3.63) is 45.6 Å². The Bertz CT molecular complexity index is 750. The van der Waals surface area contributed by atoms with Gasteiger partial charge in [0.15, 0.2) is 0 Å². The van der Waals surface area contributed by atoms with E-state index in [4.69, 9.17) is 4.74 Å². The third-order valence-corrected chi connectivity index (χ3v) is 4.72. The van der Waals surface area contributed by atoms with Crippen molar-refractivity contribution in [2.45, 2.75) is 25.8 Å². The van der Waals surface area contributed by atoms with Gasteiger partial charge in [-0.1, -0.05) is 0 Å². The molecule has 0 radical (unpaired) electrons. The Kier molecular flexibility index (Phi) is 4.34. The zero-order chi connectivity index (χ0) is 16.4. The van der Waals surface area contributed by atoms with Crippen molar-refractivity contribution in [2.75, 3.05) is 12.4 Å². The average Bonchev–Trinajstić information content (AvgIpc) is 3.25. The first-order chi connectivity index (χ1) is 11.1. The molecule has 2 N–H and O–H groups in total. The number of methoxy groups -OCH3 is 1. The van der Waals surface area contributed by atoms with E-state index in [0.29, 0.717) is 21.9 Å². The maximum Gasteiger partial charge on any atom is 0.266 e. The van der Waals surface area contributed by atoms with Crippen molar-refractivity contribution in [2.24, 2.45) is 0 Å². The number of benzene rings is 1. The fraction of sp³-hybridized carbons (Fsp3) is 0.294. The fourth-order valence-electron chi connectivity index (χ4n) is 2.22. The van der Waals surface area contributed by atoms with Gasteiger partial charge in [0.2, 0.25) is 0 Å². The van der Waals surface area contributed by atoms with Crippen LogP contribution in [0.2, 0.25) is 0 Å². The molecule has 2 amide bonds. The maximum absolute atomic E-state index is 12.4. The second kappa shape index (κ2) is 6.42. The molecule has 2 aromatic rings. The molecule has 3 rings (SSSR count). The van der Waals surface area contributed by atoms with Gasteiger partial charge >= 0.3 is 0 Å². The highest BCUT2D eigenvalue weighted by molar-refractivity contribution is 7.12.